The monoisotopic (exact) mass is 477 g/mol. The summed E-state index contributed by atoms with van der Waals surface area (Å²) < 4.78 is 5.45. The zero-order valence-electron chi connectivity index (χ0n) is 16.8. The molecule has 0 aromatic carbocycles. The molecule has 1 atom stereocenters. The Balaban J connectivity index is 0.00000338. The molecule has 0 bridgehead atoms. The minimum atomic E-state index is 0. The van der Waals surface area contributed by atoms with Crippen molar-refractivity contribution in [3.05, 3.63) is 17.5 Å². The Morgan fingerprint density at radius 1 is 1.38 bits per heavy atom. The maximum Gasteiger partial charge on any atom is 0.191 e. The first kappa shape index (κ1) is 23.2. The number of likely N-dealkylation sites (tertiary alicyclic amines) is 1. The summed E-state index contributed by atoms with van der Waals surface area (Å²) in [6, 6.07) is 2.06. The molecule has 1 saturated heterocycles. The Kier molecular flexibility index (Phi) is 11.2. The second kappa shape index (κ2) is 12.5. The van der Waals surface area contributed by atoms with Gasteiger partial charge in [0.1, 0.15) is 0 Å². The van der Waals surface area contributed by atoms with Crippen LogP contribution in [0.3, 0.4) is 0 Å². The number of hydrogen-bond donors (Lipinski definition) is 2. The summed E-state index contributed by atoms with van der Waals surface area (Å²) >= 11 is 0. The molecule has 0 aliphatic carbocycles. The van der Waals surface area contributed by atoms with Crippen LogP contribution in [0.4, 0.5) is 0 Å². The van der Waals surface area contributed by atoms with E-state index < -0.39 is 0 Å². The molecule has 2 N–H and O–H groups in total. The largest absolute Gasteiger partial charge is 0.359 e. The number of hydrogen-bond acceptors (Lipinski definition) is 4. The number of guanidine groups is 1. The van der Waals surface area contributed by atoms with Crippen LogP contribution in [0.25, 0.3) is 0 Å². The van der Waals surface area contributed by atoms with E-state index in [9.17, 15) is 0 Å². The third kappa shape index (κ3) is 7.42. The van der Waals surface area contributed by atoms with Crippen LogP contribution in [-0.4, -0.2) is 49.2 Å². The van der Waals surface area contributed by atoms with Crippen LogP contribution in [0, 0.1) is 5.92 Å². The molecule has 26 heavy (non-hydrogen) atoms. The standard InChI is InChI=1S/C19H35N5O.HI/c1-5-16(6-2)18-12-17(25-23-18)13-22-19(20-4)21-9-11-24-10-7-8-15(3)14-24;/h12,15-16H,5-11,13-14H2,1-4H3,(H2,20,21,22);1H. The summed E-state index contributed by atoms with van der Waals surface area (Å²) in [4.78, 5) is 6.82. The highest BCUT2D eigenvalue weighted by Gasteiger charge is 2.16. The van der Waals surface area contributed by atoms with Gasteiger partial charge in [0.05, 0.1) is 12.2 Å². The van der Waals surface area contributed by atoms with E-state index in [-0.39, 0.29) is 24.0 Å². The Bertz CT molecular complexity index is 530. The van der Waals surface area contributed by atoms with E-state index in [1.54, 1.807) is 7.05 Å². The van der Waals surface area contributed by atoms with Crippen LogP contribution in [0.2, 0.25) is 0 Å². The van der Waals surface area contributed by atoms with E-state index in [0.29, 0.717) is 12.5 Å². The van der Waals surface area contributed by atoms with Gasteiger partial charge in [-0.25, -0.2) is 0 Å². The van der Waals surface area contributed by atoms with Crippen LogP contribution in [0.1, 0.15) is 63.8 Å². The van der Waals surface area contributed by atoms with Crippen molar-refractivity contribution in [2.24, 2.45) is 10.9 Å². The van der Waals surface area contributed by atoms with Gasteiger partial charge in [0.25, 0.3) is 0 Å². The summed E-state index contributed by atoms with van der Waals surface area (Å²) in [7, 11) is 1.80. The number of aromatic nitrogens is 1. The predicted molar refractivity (Wildman–Crippen MR) is 118 cm³/mol. The quantitative estimate of drug-likeness (QED) is 0.341. The molecule has 6 nitrogen and oxygen atoms in total. The molecule has 150 valence electrons. The lowest BCUT2D eigenvalue weighted by atomic mass is 9.99. The maximum absolute atomic E-state index is 5.45. The Hall–Kier alpha value is -0.830. The molecule has 0 radical (unpaired) electrons. The highest BCUT2D eigenvalue weighted by Crippen LogP contribution is 2.22. The first-order valence-corrected chi connectivity index (χ1v) is 9.78. The first-order chi connectivity index (χ1) is 12.2. The van der Waals surface area contributed by atoms with Crippen molar-refractivity contribution in [2.45, 2.75) is 58.9 Å². The van der Waals surface area contributed by atoms with Crippen molar-refractivity contribution >= 4 is 29.9 Å². The number of nitrogens with one attached hydrogen (secondary N) is 2. The van der Waals surface area contributed by atoms with Crippen LogP contribution in [0.5, 0.6) is 0 Å². The molecular weight excluding hydrogens is 441 g/mol. The van der Waals surface area contributed by atoms with Gasteiger partial charge in [-0.1, -0.05) is 25.9 Å². The lowest BCUT2D eigenvalue weighted by Gasteiger charge is -2.30. The van der Waals surface area contributed by atoms with Crippen LogP contribution >= 0.6 is 24.0 Å². The molecule has 7 heteroatoms. The zero-order chi connectivity index (χ0) is 18.1. The minimum absolute atomic E-state index is 0. The average molecular weight is 477 g/mol. The molecule has 1 aromatic rings. The van der Waals surface area contributed by atoms with E-state index in [2.05, 4.69) is 52.5 Å². The van der Waals surface area contributed by atoms with Gasteiger partial charge in [-0.05, 0) is 38.1 Å². The molecular formula is C19H36IN5O. The molecule has 2 heterocycles. The van der Waals surface area contributed by atoms with Crippen molar-refractivity contribution in [3.63, 3.8) is 0 Å². The van der Waals surface area contributed by atoms with Crippen LogP contribution in [-0.2, 0) is 6.54 Å². The molecule has 2 rings (SSSR count). The van der Waals surface area contributed by atoms with Crippen molar-refractivity contribution in [1.29, 1.82) is 0 Å². The van der Waals surface area contributed by atoms with E-state index in [0.717, 1.165) is 49.3 Å². The summed E-state index contributed by atoms with van der Waals surface area (Å²) in [5.74, 6) is 2.98. The van der Waals surface area contributed by atoms with Gasteiger partial charge in [-0.2, -0.15) is 0 Å². The predicted octanol–water partition coefficient (Wildman–Crippen LogP) is 3.59. The summed E-state index contributed by atoms with van der Waals surface area (Å²) in [5.41, 5.74) is 1.06. The Labute approximate surface area is 175 Å². The van der Waals surface area contributed by atoms with Crippen molar-refractivity contribution < 1.29 is 4.52 Å². The Morgan fingerprint density at radius 3 is 2.81 bits per heavy atom. The molecule has 1 fully saturated rings. The van der Waals surface area contributed by atoms with Gasteiger partial charge in [0, 0.05) is 38.7 Å². The number of nitrogens with zero attached hydrogens (tertiary/aromatic N) is 3. The van der Waals surface area contributed by atoms with E-state index in [4.69, 9.17) is 4.52 Å². The number of aliphatic imine (C=N–C) groups is 1. The number of rotatable bonds is 8. The number of piperidine rings is 1. The third-order valence-corrected chi connectivity index (χ3v) is 5.10. The lowest BCUT2D eigenvalue weighted by molar-refractivity contribution is 0.187. The van der Waals surface area contributed by atoms with Crippen LogP contribution in [0.15, 0.2) is 15.6 Å². The van der Waals surface area contributed by atoms with Gasteiger partial charge >= 0.3 is 0 Å². The fourth-order valence-corrected chi connectivity index (χ4v) is 3.53. The average Bonchev–Trinajstić information content (AvgIpc) is 3.08. The van der Waals surface area contributed by atoms with Crippen molar-refractivity contribution in [3.8, 4) is 0 Å². The zero-order valence-corrected chi connectivity index (χ0v) is 19.1. The topological polar surface area (TPSA) is 65.7 Å². The molecule has 1 aliphatic heterocycles. The summed E-state index contributed by atoms with van der Waals surface area (Å²) in [5, 5.41) is 10.9. The molecule has 0 spiro atoms. The lowest BCUT2D eigenvalue weighted by Crippen LogP contribution is -2.43. The van der Waals surface area contributed by atoms with Crippen molar-refractivity contribution in [1.82, 2.24) is 20.7 Å². The molecule has 1 unspecified atom stereocenters. The van der Waals surface area contributed by atoms with E-state index >= 15 is 0 Å². The normalized spacial score (nSPS) is 18.7. The van der Waals surface area contributed by atoms with E-state index in [1.165, 1.54) is 25.9 Å². The Morgan fingerprint density at radius 2 is 2.15 bits per heavy atom. The highest BCUT2D eigenvalue weighted by atomic mass is 127. The number of halogens is 1. The molecule has 0 amide bonds. The molecule has 1 aromatic heterocycles. The fourth-order valence-electron chi connectivity index (χ4n) is 3.53. The van der Waals surface area contributed by atoms with E-state index in [1.807, 2.05) is 0 Å². The van der Waals surface area contributed by atoms with Gasteiger partial charge in [0.15, 0.2) is 11.7 Å². The second-order valence-electron chi connectivity index (χ2n) is 7.13. The SMILES string of the molecule is CCC(CC)c1cc(CNC(=NC)NCCN2CCCC(C)C2)on1.I. The third-order valence-electron chi connectivity index (χ3n) is 5.10. The molecule has 1 aliphatic rings. The highest BCUT2D eigenvalue weighted by molar-refractivity contribution is 14.0. The van der Waals surface area contributed by atoms with Crippen LogP contribution < -0.4 is 10.6 Å². The second-order valence-corrected chi connectivity index (χ2v) is 7.13. The summed E-state index contributed by atoms with van der Waals surface area (Å²) in [6.45, 7) is 11.7. The van der Waals surface area contributed by atoms with Gasteiger partial charge in [-0.15, -0.1) is 24.0 Å². The first-order valence-electron chi connectivity index (χ1n) is 9.78. The van der Waals surface area contributed by atoms with Crippen molar-refractivity contribution in [2.75, 3.05) is 33.2 Å². The van der Waals surface area contributed by atoms with Gasteiger partial charge in [-0.3, -0.25) is 4.99 Å². The van der Waals surface area contributed by atoms with Gasteiger partial charge in [0.2, 0.25) is 0 Å². The van der Waals surface area contributed by atoms with Gasteiger partial charge < -0.3 is 20.1 Å². The fraction of sp³-hybridized carbons (Fsp3) is 0.789. The minimum Gasteiger partial charge on any atom is -0.359 e. The maximum atomic E-state index is 5.45. The summed E-state index contributed by atoms with van der Waals surface area (Å²) in [6.07, 6.45) is 4.87. The smallest absolute Gasteiger partial charge is 0.191 e. The molecule has 0 saturated carbocycles.